The quantitative estimate of drug-likeness (QED) is 0.329. The monoisotopic (exact) mass is 659 g/mol. The summed E-state index contributed by atoms with van der Waals surface area (Å²) < 4.78 is 18.1. The van der Waals surface area contributed by atoms with Crippen LogP contribution in [0.3, 0.4) is 0 Å². The Balaban J connectivity index is 1.76. The molecule has 0 aromatic heterocycles. The number of ether oxygens (including phenoxy) is 3. The van der Waals surface area contributed by atoms with Crippen molar-refractivity contribution in [2.75, 3.05) is 19.0 Å². The third-order valence-corrected chi connectivity index (χ3v) is 10.6. The first-order valence-electron chi connectivity index (χ1n) is 16.1. The third-order valence-electron chi connectivity index (χ3n) is 10.1. The Labute approximate surface area is 278 Å². The van der Waals surface area contributed by atoms with Crippen molar-refractivity contribution < 1.29 is 33.7 Å². The molecule has 1 aromatic rings. The fourth-order valence-electron chi connectivity index (χ4n) is 6.40. The van der Waals surface area contributed by atoms with Gasteiger partial charge in [-0.15, -0.1) is 0 Å². The molecule has 11 heteroatoms. The molecule has 3 heterocycles. The normalized spacial score (nSPS) is 34.6. The Kier molecular flexibility index (Phi) is 10.7. The van der Waals surface area contributed by atoms with Crippen LogP contribution in [-0.4, -0.2) is 83.8 Å². The first-order chi connectivity index (χ1) is 21.4. The summed E-state index contributed by atoms with van der Waals surface area (Å²) in [5.41, 5.74) is 0.827. The summed E-state index contributed by atoms with van der Waals surface area (Å²) in [6.07, 6.45) is 3.40. The first kappa shape index (κ1) is 35.9. The van der Waals surface area contributed by atoms with Crippen molar-refractivity contribution in [1.82, 2.24) is 10.2 Å². The van der Waals surface area contributed by atoms with Gasteiger partial charge in [-0.05, 0) is 72.2 Å². The Morgan fingerprint density at radius 1 is 1.22 bits per heavy atom. The molecule has 8 unspecified atom stereocenters. The number of benzene rings is 1. The van der Waals surface area contributed by atoms with E-state index in [2.05, 4.69) is 5.32 Å². The van der Waals surface area contributed by atoms with Gasteiger partial charge in [-0.1, -0.05) is 55.3 Å². The zero-order chi connectivity index (χ0) is 34.3. The summed E-state index contributed by atoms with van der Waals surface area (Å²) in [4.78, 5) is 43.5. The number of nitrogens with zero attached hydrogens (tertiary/aromatic N) is 2. The second kappa shape index (κ2) is 13.7. The molecule has 8 atom stereocenters. The number of anilines is 1. The lowest BCUT2D eigenvalue weighted by molar-refractivity contribution is -0.159. The minimum absolute atomic E-state index is 0.0899. The number of halogens is 1. The van der Waals surface area contributed by atoms with Gasteiger partial charge in [0.15, 0.2) is 0 Å². The summed E-state index contributed by atoms with van der Waals surface area (Å²) >= 11 is 6.75. The number of likely N-dealkylation sites (N-methyl/N-ethyl adjacent to an activating group) is 1. The van der Waals surface area contributed by atoms with Crippen LogP contribution in [0.1, 0.15) is 72.4 Å². The van der Waals surface area contributed by atoms with E-state index < -0.39 is 53.7 Å². The van der Waals surface area contributed by atoms with E-state index in [0.717, 1.165) is 16.7 Å². The molecule has 254 valence electrons. The van der Waals surface area contributed by atoms with E-state index in [1.807, 2.05) is 90.8 Å². The van der Waals surface area contributed by atoms with E-state index in [1.54, 1.807) is 14.0 Å². The van der Waals surface area contributed by atoms with Crippen LogP contribution in [0.5, 0.6) is 0 Å². The van der Waals surface area contributed by atoms with Crippen LogP contribution in [-0.2, 0) is 30.2 Å². The Morgan fingerprint density at radius 2 is 1.89 bits per heavy atom. The number of esters is 1. The molecule has 46 heavy (non-hydrogen) atoms. The number of hydrogen-bond donors (Lipinski definition) is 2. The molecule has 3 aliphatic heterocycles. The van der Waals surface area contributed by atoms with Gasteiger partial charge in [0.25, 0.3) is 0 Å². The predicted octanol–water partition coefficient (Wildman–Crippen LogP) is 5.32. The van der Waals surface area contributed by atoms with Crippen molar-refractivity contribution in [2.24, 2.45) is 11.8 Å². The molecule has 0 radical (unpaired) electrons. The Bertz CT molecular complexity index is 1410. The van der Waals surface area contributed by atoms with Gasteiger partial charge in [-0.3, -0.25) is 19.8 Å². The van der Waals surface area contributed by atoms with E-state index in [0.29, 0.717) is 17.1 Å². The van der Waals surface area contributed by atoms with Crippen molar-refractivity contribution in [1.29, 1.82) is 0 Å². The standard InChI is InChI=1S/C35H50ClN3O7/c1-19(2)38(9)24(7)32(41)45-28-17-29(40)39(10)26-16-25(15-21(4)30(26)36)14-20(3)12-11-13-22(5)35(43)18-27(44-33(42)37-35)23(6)31-34(28,8)46-31/h11-13,15-16,19,22-24,27-28,31,43H,14,17-18H2,1-10H3,(H,37,42)/b13-11+,20-12+. The van der Waals surface area contributed by atoms with Crippen molar-refractivity contribution in [2.45, 2.75) is 116 Å². The average molecular weight is 660 g/mol. The van der Waals surface area contributed by atoms with Crippen molar-refractivity contribution in [3.05, 3.63) is 52.1 Å². The SMILES string of the molecule is C/C1=C\C=C\C(C)C2(O)CC(OC(=O)N2)C(C)C2OC2(C)C(OC(=O)C(C)N(C)C(C)C)CC(=O)N(C)c2cc(cc(C)c2Cl)C1. The number of nitrogens with one attached hydrogen (secondary N) is 1. The number of hydrogen-bond acceptors (Lipinski definition) is 8. The molecule has 2 N–H and O–H groups in total. The fourth-order valence-corrected chi connectivity index (χ4v) is 6.64. The number of fused-ring (bicyclic) bond motifs is 5. The summed E-state index contributed by atoms with van der Waals surface area (Å²) in [6.45, 7) is 15.2. The Hall–Kier alpha value is -2.92. The highest BCUT2D eigenvalue weighted by molar-refractivity contribution is 6.34. The maximum atomic E-state index is 14.0. The van der Waals surface area contributed by atoms with Crippen molar-refractivity contribution in [3.63, 3.8) is 0 Å². The number of carbonyl (C=O) groups is 3. The summed E-state index contributed by atoms with van der Waals surface area (Å²) in [7, 11) is 3.51. The molecule has 2 amide bonds. The van der Waals surface area contributed by atoms with Gasteiger partial charge in [-0.25, -0.2) is 4.79 Å². The number of alkyl carbamates (subject to hydrolysis) is 1. The average Bonchev–Trinajstić information content (AvgIpc) is 3.68. The largest absolute Gasteiger partial charge is 0.457 e. The maximum Gasteiger partial charge on any atom is 0.409 e. The zero-order valence-corrected chi connectivity index (χ0v) is 29.5. The number of rotatable bonds is 4. The van der Waals surface area contributed by atoms with E-state index in [-0.39, 0.29) is 30.7 Å². The van der Waals surface area contributed by atoms with Gasteiger partial charge in [0, 0.05) is 31.3 Å². The lowest BCUT2D eigenvalue weighted by Gasteiger charge is -2.41. The highest BCUT2D eigenvalue weighted by Crippen LogP contribution is 2.49. The fraction of sp³-hybridized carbons (Fsp3) is 0.629. The number of aliphatic hydroxyl groups is 1. The topological polar surface area (TPSA) is 121 Å². The second-order valence-corrected chi connectivity index (χ2v) is 14.3. The lowest BCUT2D eigenvalue weighted by Crippen LogP contribution is -2.60. The van der Waals surface area contributed by atoms with Gasteiger partial charge < -0.3 is 24.2 Å². The van der Waals surface area contributed by atoms with E-state index >= 15 is 0 Å². The molecule has 1 aromatic carbocycles. The van der Waals surface area contributed by atoms with E-state index in [9.17, 15) is 19.5 Å². The number of carbonyl (C=O) groups excluding carboxylic acids is 3. The first-order valence-corrected chi connectivity index (χ1v) is 16.5. The molecule has 0 aliphatic carbocycles. The summed E-state index contributed by atoms with van der Waals surface area (Å²) in [6, 6.07) is 3.43. The molecule has 10 nitrogen and oxygen atoms in total. The number of amides is 2. The van der Waals surface area contributed by atoms with Crippen LogP contribution in [0.4, 0.5) is 10.5 Å². The molecule has 4 bridgehead atoms. The molecule has 2 fully saturated rings. The van der Waals surface area contributed by atoms with Crippen LogP contribution >= 0.6 is 11.6 Å². The van der Waals surface area contributed by atoms with Crippen molar-refractivity contribution in [3.8, 4) is 0 Å². The highest BCUT2D eigenvalue weighted by atomic mass is 35.5. The minimum Gasteiger partial charge on any atom is -0.457 e. The van der Waals surface area contributed by atoms with Gasteiger partial charge in [-0.2, -0.15) is 0 Å². The van der Waals surface area contributed by atoms with E-state index in [1.165, 1.54) is 4.90 Å². The predicted molar refractivity (Wildman–Crippen MR) is 178 cm³/mol. The second-order valence-electron chi connectivity index (χ2n) is 13.9. The minimum atomic E-state index is -1.55. The number of aryl methyl sites for hydroxylation is 1. The number of allylic oxidation sites excluding steroid dienone is 3. The molecular weight excluding hydrogens is 610 g/mol. The Morgan fingerprint density at radius 3 is 2.54 bits per heavy atom. The van der Waals surface area contributed by atoms with Crippen LogP contribution in [0.15, 0.2) is 35.9 Å². The van der Waals surface area contributed by atoms with Crippen molar-refractivity contribution >= 4 is 35.3 Å². The van der Waals surface area contributed by atoms with Gasteiger partial charge in [0.05, 0.1) is 23.2 Å². The molecular formula is C35H50ClN3O7. The van der Waals surface area contributed by atoms with Crippen LogP contribution in [0.25, 0.3) is 0 Å². The summed E-state index contributed by atoms with van der Waals surface area (Å²) in [5, 5.41) is 14.7. The molecule has 3 aliphatic rings. The smallest absolute Gasteiger partial charge is 0.409 e. The van der Waals surface area contributed by atoms with Gasteiger partial charge >= 0.3 is 12.1 Å². The maximum absolute atomic E-state index is 14.0. The van der Waals surface area contributed by atoms with Crippen LogP contribution in [0.2, 0.25) is 5.02 Å². The molecule has 2 saturated heterocycles. The lowest BCUT2D eigenvalue weighted by atomic mass is 9.82. The zero-order valence-electron chi connectivity index (χ0n) is 28.7. The summed E-state index contributed by atoms with van der Waals surface area (Å²) in [5.74, 6) is -1.59. The molecule has 0 saturated carbocycles. The van der Waals surface area contributed by atoms with Gasteiger partial charge in [0.1, 0.15) is 29.6 Å². The molecule has 4 rings (SSSR count). The highest BCUT2D eigenvalue weighted by Gasteiger charge is 2.64. The molecule has 0 spiro atoms. The van der Waals surface area contributed by atoms with Gasteiger partial charge in [0.2, 0.25) is 5.91 Å². The van der Waals surface area contributed by atoms with Crippen LogP contribution in [0, 0.1) is 18.8 Å². The van der Waals surface area contributed by atoms with Crippen LogP contribution < -0.4 is 10.2 Å². The van der Waals surface area contributed by atoms with E-state index in [4.69, 9.17) is 25.8 Å². The third kappa shape index (κ3) is 7.46. The number of epoxide rings is 1.